The normalized spacial score (nSPS) is 10.6. The summed E-state index contributed by atoms with van der Waals surface area (Å²) in [6.07, 6.45) is 0. The van der Waals surface area contributed by atoms with Crippen LogP contribution in [-0.2, 0) is 0 Å². The van der Waals surface area contributed by atoms with Gasteiger partial charge in [-0.1, -0.05) is 0 Å². The van der Waals surface area contributed by atoms with Gasteiger partial charge in [0.25, 0.3) is 5.91 Å². The lowest BCUT2D eigenvalue weighted by Crippen LogP contribution is -2.18. The average Bonchev–Trinajstić information content (AvgIpc) is 2.53. The maximum Gasteiger partial charge on any atom is 0.274 e. The molecule has 0 atom stereocenters. The third kappa shape index (κ3) is 3.87. The largest absolute Gasteiger partial charge is 0.378 e. The highest BCUT2D eigenvalue weighted by Gasteiger charge is 2.02. The molecule has 2 rings (SSSR count). The summed E-state index contributed by atoms with van der Waals surface area (Å²) in [6.45, 7) is 0. The van der Waals surface area contributed by atoms with E-state index in [2.05, 4.69) is 10.2 Å². The summed E-state index contributed by atoms with van der Waals surface area (Å²) in [5, 5.41) is 16.7. The van der Waals surface area contributed by atoms with Crippen LogP contribution >= 0.6 is 0 Å². The molecule has 2 aromatic carbocycles. The number of hydroxylamine groups is 1. The van der Waals surface area contributed by atoms with Gasteiger partial charge in [0.15, 0.2) is 0 Å². The lowest BCUT2D eigenvalue weighted by atomic mass is 10.2. The van der Waals surface area contributed by atoms with Crippen LogP contribution in [0.25, 0.3) is 0 Å². The first-order valence-electron chi connectivity index (χ1n) is 6.34. The molecule has 0 unspecified atom stereocenters. The quantitative estimate of drug-likeness (QED) is 0.514. The molecule has 108 valence electrons. The molecule has 6 heteroatoms. The second kappa shape index (κ2) is 6.62. The zero-order valence-corrected chi connectivity index (χ0v) is 11.8. The van der Waals surface area contributed by atoms with E-state index in [1.54, 1.807) is 29.7 Å². The van der Waals surface area contributed by atoms with Gasteiger partial charge in [-0.3, -0.25) is 10.0 Å². The van der Waals surface area contributed by atoms with Crippen molar-refractivity contribution in [3.63, 3.8) is 0 Å². The summed E-state index contributed by atoms with van der Waals surface area (Å²) in [5.74, 6) is -0.558. The third-order valence-electron chi connectivity index (χ3n) is 2.88. The molecular weight excluding hydrogens is 268 g/mol. The van der Waals surface area contributed by atoms with Crippen LogP contribution in [0.4, 0.5) is 17.1 Å². The van der Waals surface area contributed by atoms with Crippen LogP contribution in [0.2, 0.25) is 0 Å². The molecule has 0 saturated carbocycles. The summed E-state index contributed by atoms with van der Waals surface area (Å²) in [5.41, 5.74) is 4.39. The molecule has 0 spiro atoms. The van der Waals surface area contributed by atoms with Gasteiger partial charge < -0.3 is 4.90 Å². The molecule has 0 heterocycles. The van der Waals surface area contributed by atoms with Crippen molar-refractivity contribution in [3.05, 3.63) is 54.1 Å². The first-order valence-corrected chi connectivity index (χ1v) is 6.34. The molecular formula is C15H16N4O2. The molecule has 21 heavy (non-hydrogen) atoms. The SMILES string of the molecule is CN(C)c1ccc(N=Nc2ccc(C(=O)NO)cc2)cc1. The van der Waals surface area contributed by atoms with Crippen LogP contribution in [0, 0.1) is 0 Å². The zero-order valence-electron chi connectivity index (χ0n) is 11.8. The summed E-state index contributed by atoms with van der Waals surface area (Å²) in [4.78, 5) is 13.2. The Labute approximate surface area is 122 Å². The van der Waals surface area contributed by atoms with E-state index in [0.29, 0.717) is 11.3 Å². The summed E-state index contributed by atoms with van der Waals surface area (Å²) >= 11 is 0. The number of amides is 1. The maximum atomic E-state index is 11.2. The van der Waals surface area contributed by atoms with E-state index in [0.717, 1.165) is 11.4 Å². The van der Waals surface area contributed by atoms with E-state index in [4.69, 9.17) is 5.21 Å². The first-order chi connectivity index (χ1) is 10.1. The number of carbonyl (C=O) groups excluding carboxylic acids is 1. The zero-order chi connectivity index (χ0) is 15.2. The Kier molecular flexibility index (Phi) is 4.63. The van der Waals surface area contributed by atoms with Crippen molar-refractivity contribution in [1.29, 1.82) is 0 Å². The molecule has 0 saturated heterocycles. The number of anilines is 1. The number of azo groups is 1. The van der Waals surface area contributed by atoms with Crippen molar-refractivity contribution in [3.8, 4) is 0 Å². The van der Waals surface area contributed by atoms with Crippen LogP contribution in [0.1, 0.15) is 10.4 Å². The van der Waals surface area contributed by atoms with Gasteiger partial charge in [-0.25, -0.2) is 5.48 Å². The van der Waals surface area contributed by atoms with Gasteiger partial charge >= 0.3 is 0 Å². The van der Waals surface area contributed by atoms with Gasteiger partial charge in [0.05, 0.1) is 11.4 Å². The standard InChI is InChI=1S/C15H16N4O2/c1-19(2)14-9-7-13(8-10-14)17-16-12-5-3-11(4-6-12)15(20)18-21/h3-10,21H,1-2H3,(H,18,20). The van der Waals surface area contributed by atoms with Gasteiger partial charge in [-0.2, -0.15) is 10.2 Å². The lowest BCUT2D eigenvalue weighted by molar-refractivity contribution is 0.0706. The second-order valence-corrected chi connectivity index (χ2v) is 4.60. The molecule has 6 nitrogen and oxygen atoms in total. The van der Waals surface area contributed by atoms with Gasteiger partial charge in [0.1, 0.15) is 0 Å². The van der Waals surface area contributed by atoms with E-state index in [1.807, 2.05) is 43.3 Å². The minimum absolute atomic E-state index is 0.354. The summed E-state index contributed by atoms with van der Waals surface area (Å²) < 4.78 is 0. The van der Waals surface area contributed by atoms with Crippen LogP contribution in [-0.4, -0.2) is 25.2 Å². The molecule has 1 amide bonds. The smallest absolute Gasteiger partial charge is 0.274 e. The number of benzene rings is 2. The Hall–Kier alpha value is -2.73. The number of hydrogen-bond donors (Lipinski definition) is 2. The summed E-state index contributed by atoms with van der Waals surface area (Å²) in [6, 6.07) is 14.1. The van der Waals surface area contributed by atoms with Gasteiger partial charge in [0, 0.05) is 25.3 Å². The molecule has 2 aromatic rings. The van der Waals surface area contributed by atoms with E-state index in [9.17, 15) is 4.79 Å². The van der Waals surface area contributed by atoms with E-state index in [1.165, 1.54) is 0 Å². The van der Waals surface area contributed by atoms with Gasteiger partial charge in [-0.15, -0.1) is 0 Å². The van der Waals surface area contributed by atoms with Crippen LogP contribution in [0.5, 0.6) is 0 Å². The van der Waals surface area contributed by atoms with Crippen molar-refractivity contribution in [2.75, 3.05) is 19.0 Å². The number of nitrogens with zero attached hydrogens (tertiary/aromatic N) is 3. The van der Waals surface area contributed by atoms with Crippen molar-refractivity contribution >= 4 is 23.0 Å². The maximum absolute atomic E-state index is 11.2. The predicted octanol–water partition coefficient (Wildman–Crippen LogP) is 3.29. The number of nitrogens with one attached hydrogen (secondary N) is 1. The van der Waals surface area contributed by atoms with Gasteiger partial charge in [-0.05, 0) is 48.5 Å². The van der Waals surface area contributed by atoms with E-state index >= 15 is 0 Å². The summed E-state index contributed by atoms with van der Waals surface area (Å²) in [7, 11) is 3.95. The molecule has 0 aliphatic heterocycles. The highest BCUT2D eigenvalue weighted by atomic mass is 16.5. The molecule has 0 radical (unpaired) electrons. The van der Waals surface area contributed by atoms with Crippen molar-refractivity contribution in [1.82, 2.24) is 5.48 Å². The Morgan fingerprint density at radius 1 is 0.952 bits per heavy atom. The third-order valence-corrected chi connectivity index (χ3v) is 2.88. The first kappa shape index (κ1) is 14.7. The number of carbonyl (C=O) groups is 1. The van der Waals surface area contributed by atoms with E-state index in [-0.39, 0.29) is 0 Å². The van der Waals surface area contributed by atoms with E-state index < -0.39 is 5.91 Å². The van der Waals surface area contributed by atoms with Crippen molar-refractivity contribution < 1.29 is 10.0 Å². The minimum atomic E-state index is -0.558. The Balaban J connectivity index is 2.08. The molecule has 0 aliphatic carbocycles. The highest BCUT2D eigenvalue weighted by Crippen LogP contribution is 2.21. The predicted molar refractivity (Wildman–Crippen MR) is 80.6 cm³/mol. The van der Waals surface area contributed by atoms with Crippen LogP contribution < -0.4 is 10.4 Å². The topological polar surface area (TPSA) is 77.3 Å². The Morgan fingerprint density at radius 2 is 1.43 bits per heavy atom. The molecule has 2 N–H and O–H groups in total. The fraction of sp³-hybridized carbons (Fsp3) is 0.133. The van der Waals surface area contributed by atoms with Crippen molar-refractivity contribution in [2.45, 2.75) is 0 Å². The van der Waals surface area contributed by atoms with Crippen LogP contribution in [0.15, 0.2) is 58.8 Å². The number of hydrogen-bond acceptors (Lipinski definition) is 5. The molecule has 0 fully saturated rings. The Morgan fingerprint density at radius 3 is 1.86 bits per heavy atom. The Bertz CT molecular complexity index is 634. The monoisotopic (exact) mass is 284 g/mol. The molecule has 0 aromatic heterocycles. The average molecular weight is 284 g/mol. The minimum Gasteiger partial charge on any atom is -0.378 e. The molecule has 0 aliphatic rings. The fourth-order valence-electron chi connectivity index (χ4n) is 1.68. The van der Waals surface area contributed by atoms with Crippen molar-refractivity contribution in [2.24, 2.45) is 10.2 Å². The van der Waals surface area contributed by atoms with Crippen LogP contribution in [0.3, 0.4) is 0 Å². The molecule has 0 bridgehead atoms. The highest BCUT2D eigenvalue weighted by molar-refractivity contribution is 5.93. The number of rotatable bonds is 4. The van der Waals surface area contributed by atoms with Gasteiger partial charge in [0.2, 0.25) is 0 Å². The second-order valence-electron chi connectivity index (χ2n) is 4.60. The lowest BCUT2D eigenvalue weighted by Gasteiger charge is -2.11. The fourth-order valence-corrected chi connectivity index (χ4v) is 1.68.